The van der Waals surface area contributed by atoms with Gasteiger partial charge >= 0.3 is 0 Å². The summed E-state index contributed by atoms with van der Waals surface area (Å²) in [6.45, 7) is 0.330. The van der Waals surface area contributed by atoms with Crippen molar-refractivity contribution >= 4 is 11.8 Å². The predicted molar refractivity (Wildman–Crippen MR) is 54.9 cm³/mol. The van der Waals surface area contributed by atoms with Crippen molar-refractivity contribution < 1.29 is 4.42 Å². The van der Waals surface area contributed by atoms with Crippen molar-refractivity contribution in [2.45, 2.75) is 37.5 Å². The zero-order valence-electron chi connectivity index (χ0n) is 8.11. The van der Waals surface area contributed by atoms with Crippen LogP contribution in [-0.4, -0.2) is 16.0 Å². The summed E-state index contributed by atoms with van der Waals surface area (Å²) in [6.07, 6.45) is 5.46. The van der Waals surface area contributed by atoms with Crippen LogP contribution in [-0.2, 0) is 6.54 Å². The van der Waals surface area contributed by atoms with Crippen LogP contribution in [0.2, 0.25) is 0 Å². The molecule has 1 heterocycles. The quantitative estimate of drug-likeness (QED) is 0.773. The van der Waals surface area contributed by atoms with Crippen molar-refractivity contribution in [3.05, 3.63) is 5.89 Å². The van der Waals surface area contributed by atoms with Gasteiger partial charge < -0.3 is 10.2 Å². The van der Waals surface area contributed by atoms with E-state index in [-0.39, 0.29) is 0 Å². The minimum Gasteiger partial charge on any atom is -0.415 e. The van der Waals surface area contributed by atoms with Gasteiger partial charge in [0, 0.05) is 5.75 Å². The van der Waals surface area contributed by atoms with Gasteiger partial charge in [0.25, 0.3) is 5.22 Å². The first kappa shape index (κ1) is 9.98. The molecule has 0 radical (unpaired) electrons. The van der Waals surface area contributed by atoms with E-state index in [9.17, 15) is 0 Å². The molecule has 78 valence electrons. The number of thioether (sulfide) groups is 1. The van der Waals surface area contributed by atoms with E-state index in [0.717, 1.165) is 11.7 Å². The van der Waals surface area contributed by atoms with Gasteiger partial charge in [-0.05, 0) is 18.8 Å². The van der Waals surface area contributed by atoms with Gasteiger partial charge in [-0.1, -0.05) is 24.6 Å². The summed E-state index contributed by atoms with van der Waals surface area (Å²) in [5.74, 6) is 2.47. The smallest absolute Gasteiger partial charge is 0.276 e. The van der Waals surface area contributed by atoms with E-state index in [1.165, 1.54) is 25.7 Å². The minimum absolute atomic E-state index is 0.330. The van der Waals surface area contributed by atoms with Crippen molar-refractivity contribution in [1.29, 1.82) is 0 Å². The van der Waals surface area contributed by atoms with Crippen LogP contribution in [0, 0.1) is 5.92 Å². The molecule has 1 fully saturated rings. The third-order valence-electron chi connectivity index (χ3n) is 2.54. The molecule has 2 N–H and O–H groups in total. The monoisotopic (exact) mass is 213 g/mol. The molecule has 5 heteroatoms. The van der Waals surface area contributed by atoms with Gasteiger partial charge in [0.1, 0.15) is 0 Å². The average molecular weight is 213 g/mol. The van der Waals surface area contributed by atoms with Crippen LogP contribution >= 0.6 is 11.8 Å². The lowest BCUT2D eigenvalue weighted by atomic mass is 10.1. The number of aromatic nitrogens is 2. The molecular weight excluding hydrogens is 198 g/mol. The van der Waals surface area contributed by atoms with Crippen LogP contribution in [0.4, 0.5) is 0 Å². The molecule has 4 nitrogen and oxygen atoms in total. The maximum atomic E-state index is 5.38. The number of hydrogen-bond donors (Lipinski definition) is 1. The van der Waals surface area contributed by atoms with Crippen LogP contribution < -0.4 is 5.73 Å². The van der Waals surface area contributed by atoms with Crippen LogP contribution in [0.15, 0.2) is 9.64 Å². The normalized spacial score (nSPS) is 17.8. The fraction of sp³-hybridized carbons (Fsp3) is 0.778. The van der Waals surface area contributed by atoms with Crippen molar-refractivity contribution in [2.75, 3.05) is 5.75 Å². The topological polar surface area (TPSA) is 64.9 Å². The van der Waals surface area contributed by atoms with Crippen molar-refractivity contribution in [2.24, 2.45) is 11.7 Å². The molecule has 0 unspecified atom stereocenters. The Hall–Kier alpha value is -0.550. The van der Waals surface area contributed by atoms with Crippen LogP contribution in [0.5, 0.6) is 0 Å². The molecule has 0 bridgehead atoms. The van der Waals surface area contributed by atoms with E-state index in [0.29, 0.717) is 17.7 Å². The second kappa shape index (κ2) is 4.79. The lowest BCUT2D eigenvalue weighted by Crippen LogP contribution is -1.96. The van der Waals surface area contributed by atoms with Gasteiger partial charge in [0.15, 0.2) is 0 Å². The number of rotatable bonds is 4. The molecule has 1 aromatic rings. The molecule has 0 amide bonds. The Morgan fingerprint density at radius 3 is 2.79 bits per heavy atom. The maximum Gasteiger partial charge on any atom is 0.276 e. The number of nitrogens with zero attached hydrogens (tertiary/aromatic N) is 2. The number of hydrogen-bond acceptors (Lipinski definition) is 5. The van der Waals surface area contributed by atoms with E-state index < -0.39 is 0 Å². The zero-order chi connectivity index (χ0) is 9.80. The molecule has 14 heavy (non-hydrogen) atoms. The molecule has 0 spiro atoms. The summed E-state index contributed by atoms with van der Waals surface area (Å²) in [7, 11) is 0. The first-order chi connectivity index (χ1) is 6.88. The Morgan fingerprint density at radius 2 is 2.14 bits per heavy atom. The molecule has 0 saturated heterocycles. The van der Waals surface area contributed by atoms with E-state index in [2.05, 4.69) is 10.2 Å². The van der Waals surface area contributed by atoms with E-state index in [1.54, 1.807) is 11.8 Å². The average Bonchev–Trinajstić information content (AvgIpc) is 2.86. The Bertz CT molecular complexity index is 283. The lowest BCUT2D eigenvalue weighted by molar-refractivity contribution is 0.414. The van der Waals surface area contributed by atoms with Gasteiger partial charge in [-0.25, -0.2) is 0 Å². The first-order valence-electron chi connectivity index (χ1n) is 5.03. The molecule has 2 rings (SSSR count). The largest absolute Gasteiger partial charge is 0.415 e. The van der Waals surface area contributed by atoms with E-state index >= 15 is 0 Å². The fourth-order valence-corrected chi connectivity index (χ4v) is 2.71. The molecule has 1 aromatic heterocycles. The maximum absolute atomic E-state index is 5.38. The molecule has 1 aliphatic rings. The Morgan fingerprint density at radius 1 is 1.36 bits per heavy atom. The fourth-order valence-electron chi connectivity index (χ4n) is 1.75. The SMILES string of the molecule is NCc1nnc(SCC2CCCC2)o1. The zero-order valence-corrected chi connectivity index (χ0v) is 8.92. The highest BCUT2D eigenvalue weighted by Gasteiger charge is 2.16. The summed E-state index contributed by atoms with van der Waals surface area (Å²) < 4.78 is 5.31. The molecule has 0 atom stereocenters. The molecule has 0 aromatic carbocycles. The molecule has 1 aliphatic carbocycles. The van der Waals surface area contributed by atoms with Crippen molar-refractivity contribution in [1.82, 2.24) is 10.2 Å². The summed E-state index contributed by atoms with van der Waals surface area (Å²) >= 11 is 1.66. The Balaban J connectivity index is 1.79. The van der Waals surface area contributed by atoms with Gasteiger partial charge in [0.05, 0.1) is 6.54 Å². The van der Waals surface area contributed by atoms with Crippen LogP contribution in [0.3, 0.4) is 0 Å². The first-order valence-corrected chi connectivity index (χ1v) is 6.02. The predicted octanol–water partition coefficient (Wildman–Crippen LogP) is 1.81. The van der Waals surface area contributed by atoms with Crippen LogP contribution in [0.25, 0.3) is 0 Å². The standard InChI is InChI=1S/C9H15N3OS/c10-5-8-11-12-9(13-8)14-6-7-3-1-2-4-7/h7H,1-6,10H2. The Kier molecular flexibility index (Phi) is 3.42. The van der Waals surface area contributed by atoms with Gasteiger partial charge in [0.2, 0.25) is 5.89 Å². The summed E-state index contributed by atoms with van der Waals surface area (Å²) in [5.41, 5.74) is 5.38. The van der Waals surface area contributed by atoms with Crippen LogP contribution in [0.1, 0.15) is 31.6 Å². The number of nitrogens with two attached hydrogens (primary N) is 1. The van der Waals surface area contributed by atoms with E-state index in [1.807, 2.05) is 0 Å². The summed E-state index contributed by atoms with van der Waals surface area (Å²) in [6, 6.07) is 0. The lowest BCUT2D eigenvalue weighted by Gasteiger charge is -2.04. The highest BCUT2D eigenvalue weighted by molar-refractivity contribution is 7.99. The van der Waals surface area contributed by atoms with Gasteiger partial charge in [-0.3, -0.25) is 0 Å². The molecule has 0 aliphatic heterocycles. The molecule has 1 saturated carbocycles. The summed E-state index contributed by atoms with van der Waals surface area (Å²) in [4.78, 5) is 0. The van der Waals surface area contributed by atoms with Gasteiger partial charge in [-0.2, -0.15) is 0 Å². The third-order valence-corrected chi connectivity index (χ3v) is 3.59. The molecular formula is C9H15N3OS. The van der Waals surface area contributed by atoms with Crippen molar-refractivity contribution in [3.8, 4) is 0 Å². The second-order valence-corrected chi connectivity index (χ2v) is 4.60. The summed E-state index contributed by atoms with van der Waals surface area (Å²) in [5, 5.41) is 8.40. The third kappa shape index (κ3) is 2.48. The highest BCUT2D eigenvalue weighted by Crippen LogP contribution is 2.30. The van der Waals surface area contributed by atoms with E-state index in [4.69, 9.17) is 10.2 Å². The van der Waals surface area contributed by atoms with Crippen molar-refractivity contribution in [3.63, 3.8) is 0 Å². The minimum atomic E-state index is 0.330. The highest BCUT2D eigenvalue weighted by atomic mass is 32.2. The second-order valence-electron chi connectivity index (χ2n) is 3.63. The Labute approximate surface area is 87.6 Å². The van der Waals surface area contributed by atoms with Gasteiger partial charge in [-0.15, -0.1) is 10.2 Å².